The molecule has 1 aromatic heterocycles. The molecule has 2 heterocycles. The standard InChI is InChI=1S/C23H26N4O3S2/c1-16-3-7-18(8-4-16)15-32(29,30)27-13-11-19(12-14-27)21(28)24-23-26-25-22(31-23)20-9-5-17(2)6-10-20/h3-10,19H,11-15H2,1-2H3,(H,24,26,28). The first-order valence-corrected chi connectivity index (χ1v) is 13.0. The van der Waals surface area contributed by atoms with Crippen LogP contribution in [0, 0.1) is 19.8 Å². The molecular weight excluding hydrogens is 444 g/mol. The van der Waals surface area contributed by atoms with E-state index in [1.165, 1.54) is 21.2 Å². The fraction of sp³-hybridized carbons (Fsp3) is 0.348. The number of aryl methyl sites for hydroxylation is 2. The minimum absolute atomic E-state index is 0.0171. The van der Waals surface area contributed by atoms with Gasteiger partial charge in [-0.3, -0.25) is 4.79 Å². The van der Waals surface area contributed by atoms with Gasteiger partial charge in [0.25, 0.3) is 0 Å². The maximum Gasteiger partial charge on any atom is 0.229 e. The molecule has 1 aliphatic rings. The lowest BCUT2D eigenvalue weighted by atomic mass is 9.97. The first kappa shape index (κ1) is 22.6. The normalized spacial score (nSPS) is 15.6. The predicted octanol–water partition coefficient (Wildman–Crippen LogP) is 4.00. The van der Waals surface area contributed by atoms with Gasteiger partial charge in [-0.05, 0) is 32.3 Å². The minimum atomic E-state index is -3.41. The Morgan fingerprint density at radius 1 is 1.00 bits per heavy atom. The Labute approximate surface area is 192 Å². The number of rotatable bonds is 6. The molecule has 0 unspecified atom stereocenters. The van der Waals surface area contributed by atoms with Crippen LogP contribution < -0.4 is 5.32 Å². The smallest absolute Gasteiger partial charge is 0.229 e. The van der Waals surface area contributed by atoms with Crippen molar-refractivity contribution >= 4 is 32.4 Å². The van der Waals surface area contributed by atoms with Crippen molar-refractivity contribution in [2.24, 2.45) is 5.92 Å². The molecule has 0 atom stereocenters. The summed E-state index contributed by atoms with van der Waals surface area (Å²) in [5.74, 6) is -0.392. The molecule has 1 saturated heterocycles. The van der Waals surface area contributed by atoms with E-state index in [1.807, 2.05) is 62.4 Å². The maximum absolute atomic E-state index is 12.8. The first-order chi connectivity index (χ1) is 15.3. The van der Waals surface area contributed by atoms with Crippen LogP contribution in [0.2, 0.25) is 0 Å². The molecule has 3 aromatic rings. The van der Waals surface area contributed by atoms with Crippen molar-refractivity contribution in [2.75, 3.05) is 18.4 Å². The summed E-state index contributed by atoms with van der Waals surface area (Å²) in [5.41, 5.74) is 4.00. The molecule has 1 fully saturated rings. The minimum Gasteiger partial charge on any atom is -0.300 e. The molecule has 32 heavy (non-hydrogen) atoms. The van der Waals surface area contributed by atoms with Gasteiger partial charge in [-0.15, -0.1) is 10.2 Å². The van der Waals surface area contributed by atoms with Crippen LogP contribution in [0.15, 0.2) is 48.5 Å². The van der Waals surface area contributed by atoms with Gasteiger partial charge in [-0.2, -0.15) is 0 Å². The van der Waals surface area contributed by atoms with Gasteiger partial charge in [0.1, 0.15) is 5.01 Å². The van der Waals surface area contributed by atoms with Crippen molar-refractivity contribution in [1.29, 1.82) is 0 Å². The number of benzene rings is 2. The highest BCUT2D eigenvalue weighted by Crippen LogP contribution is 2.28. The van der Waals surface area contributed by atoms with Gasteiger partial charge >= 0.3 is 0 Å². The van der Waals surface area contributed by atoms with Crippen molar-refractivity contribution in [1.82, 2.24) is 14.5 Å². The SMILES string of the molecule is Cc1ccc(CS(=O)(=O)N2CCC(C(=O)Nc3nnc(-c4ccc(C)cc4)s3)CC2)cc1. The third kappa shape index (κ3) is 5.40. The lowest BCUT2D eigenvalue weighted by Gasteiger charge is -2.30. The number of carbonyl (C=O) groups excluding carboxylic acids is 1. The largest absolute Gasteiger partial charge is 0.300 e. The third-order valence-electron chi connectivity index (χ3n) is 5.64. The average Bonchev–Trinajstić information content (AvgIpc) is 3.24. The molecule has 0 radical (unpaired) electrons. The third-order valence-corrected chi connectivity index (χ3v) is 8.38. The molecule has 0 bridgehead atoms. The molecule has 168 valence electrons. The van der Waals surface area contributed by atoms with Crippen molar-refractivity contribution in [3.05, 3.63) is 65.2 Å². The number of aromatic nitrogens is 2. The van der Waals surface area contributed by atoms with Crippen LogP contribution in [0.1, 0.15) is 29.5 Å². The Kier molecular flexibility index (Phi) is 6.68. The molecule has 9 heteroatoms. The van der Waals surface area contributed by atoms with E-state index in [9.17, 15) is 13.2 Å². The Balaban J connectivity index is 1.31. The van der Waals surface area contributed by atoms with Crippen LogP contribution in [0.5, 0.6) is 0 Å². The van der Waals surface area contributed by atoms with Crippen molar-refractivity contribution < 1.29 is 13.2 Å². The zero-order valence-electron chi connectivity index (χ0n) is 18.1. The molecule has 1 amide bonds. The Bertz CT molecular complexity index is 1180. The monoisotopic (exact) mass is 470 g/mol. The molecule has 1 aliphatic heterocycles. The van der Waals surface area contributed by atoms with E-state index >= 15 is 0 Å². The number of amides is 1. The summed E-state index contributed by atoms with van der Waals surface area (Å²) < 4.78 is 27.0. The summed E-state index contributed by atoms with van der Waals surface area (Å²) in [6.45, 7) is 4.68. The number of nitrogens with one attached hydrogen (secondary N) is 1. The summed E-state index contributed by atoms with van der Waals surface area (Å²) >= 11 is 1.33. The van der Waals surface area contributed by atoms with Crippen molar-refractivity contribution in [3.8, 4) is 10.6 Å². The molecular formula is C23H26N4O3S2. The Morgan fingerprint density at radius 2 is 1.59 bits per heavy atom. The second kappa shape index (κ2) is 9.48. The highest BCUT2D eigenvalue weighted by Gasteiger charge is 2.31. The Morgan fingerprint density at radius 3 is 2.22 bits per heavy atom. The van der Waals surface area contributed by atoms with E-state index in [0.717, 1.165) is 21.7 Å². The lowest BCUT2D eigenvalue weighted by molar-refractivity contribution is -0.120. The van der Waals surface area contributed by atoms with Crippen LogP contribution in [0.3, 0.4) is 0 Å². The maximum atomic E-state index is 12.8. The molecule has 0 spiro atoms. The number of sulfonamides is 1. The molecule has 0 saturated carbocycles. The second-order valence-electron chi connectivity index (χ2n) is 8.18. The van der Waals surface area contributed by atoms with E-state index < -0.39 is 10.0 Å². The van der Waals surface area contributed by atoms with Crippen LogP contribution in [-0.2, 0) is 20.6 Å². The van der Waals surface area contributed by atoms with Crippen molar-refractivity contribution in [3.63, 3.8) is 0 Å². The zero-order valence-corrected chi connectivity index (χ0v) is 19.7. The molecule has 2 aromatic carbocycles. The van der Waals surface area contributed by atoms with Crippen molar-refractivity contribution in [2.45, 2.75) is 32.4 Å². The van der Waals surface area contributed by atoms with Gasteiger partial charge in [0.2, 0.25) is 21.1 Å². The summed E-state index contributed by atoms with van der Waals surface area (Å²) in [6, 6.07) is 15.5. The average molecular weight is 471 g/mol. The Hall–Kier alpha value is -2.62. The van der Waals surface area contributed by atoms with E-state index in [2.05, 4.69) is 15.5 Å². The van der Waals surface area contributed by atoms with Crippen LogP contribution in [-0.4, -0.2) is 41.9 Å². The van der Waals surface area contributed by atoms with Crippen LogP contribution in [0.4, 0.5) is 5.13 Å². The van der Waals surface area contributed by atoms with Gasteiger partial charge in [0.15, 0.2) is 0 Å². The molecule has 1 N–H and O–H groups in total. The van der Waals surface area contributed by atoms with Gasteiger partial charge in [0.05, 0.1) is 5.75 Å². The van der Waals surface area contributed by atoms with Crippen LogP contribution in [0.25, 0.3) is 10.6 Å². The quantitative estimate of drug-likeness (QED) is 0.588. The highest BCUT2D eigenvalue weighted by molar-refractivity contribution is 7.88. The van der Waals surface area contributed by atoms with Gasteiger partial charge in [-0.1, -0.05) is 71.0 Å². The number of carbonyl (C=O) groups is 1. The van der Waals surface area contributed by atoms with E-state index in [0.29, 0.717) is 31.1 Å². The highest BCUT2D eigenvalue weighted by atomic mass is 32.2. The van der Waals surface area contributed by atoms with E-state index in [1.54, 1.807) is 0 Å². The molecule has 4 rings (SSSR count). The predicted molar refractivity (Wildman–Crippen MR) is 127 cm³/mol. The number of piperidine rings is 1. The topological polar surface area (TPSA) is 92.3 Å². The first-order valence-electron chi connectivity index (χ1n) is 10.5. The molecule has 0 aliphatic carbocycles. The van der Waals surface area contributed by atoms with Crippen LogP contribution >= 0.6 is 11.3 Å². The zero-order chi connectivity index (χ0) is 22.7. The van der Waals surface area contributed by atoms with Gasteiger partial charge in [-0.25, -0.2) is 12.7 Å². The molecule has 7 nitrogen and oxygen atoms in total. The second-order valence-corrected chi connectivity index (χ2v) is 11.1. The fourth-order valence-corrected chi connectivity index (χ4v) is 5.99. The summed E-state index contributed by atoms with van der Waals surface area (Å²) in [4.78, 5) is 12.7. The summed E-state index contributed by atoms with van der Waals surface area (Å²) in [5, 5.41) is 12.3. The number of hydrogen-bond acceptors (Lipinski definition) is 6. The van der Waals surface area contributed by atoms with Gasteiger partial charge < -0.3 is 5.32 Å². The fourth-order valence-electron chi connectivity index (χ4n) is 3.68. The summed E-state index contributed by atoms with van der Waals surface area (Å²) in [7, 11) is -3.41. The summed E-state index contributed by atoms with van der Waals surface area (Å²) in [6.07, 6.45) is 0.977. The number of nitrogens with zero attached hydrogens (tertiary/aromatic N) is 3. The number of anilines is 1. The number of hydrogen-bond donors (Lipinski definition) is 1. The lowest BCUT2D eigenvalue weighted by Crippen LogP contribution is -2.41. The van der Waals surface area contributed by atoms with E-state index in [-0.39, 0.29) is 17.6 Å². The van der Waals surface area contributed by atoms with Gasteiger partial charge in [0, 0.05) is 24.6 Å². The van der Waals surface area contributed by atoms with E-state index in [4.69, 9.17) is 0 Å².